The second kappa shape index (κ2) is 5.97. The maximum atomic E-state index is 14.0. The van der Waals surface area contributed by atoms with Crippen LogP contribution in [-0.2, 0) is 16.3 Å². The summed E-state index contributed by atoms with van der Waals surface area (Å²) in [7, 11) is -5.96. The summed E-state index contributed by atoms with van der Waals surface area (Å²) < 4.78 is 90.4. The average Bonchev–Trinajstić information content (AvgIpc) is 2.83. The maximum Gasteiger partial charge on any atom is 0.501 e. The average molecular weight is 404 g/mol. The molecule has 142 valence electrons. The highest BCUT2D eigenvalue weighted by Crippen LogP contribution is 2.50. The Morgan fingerprint density at radius 1 is 1.26 bits per heavy atom. The monoisotopic (exact) mass is 404 g/mol. The summed E-state index contributed by atoms with van der Waals surface area (Å²) in [4.78, 5) is 2.34. The van der Waals surface area contributed by atoms with Crippen LogP contribution < -0.4 is 0 Å². The molecule has 2 aromatic rings. The third kappa shape index (κ3) is 2.94. The largest absolute Gasteiger partial charge is 0.501 e. The lowest BCUT2D eigenvalue weighted by Gasteiger charge is -2.17. The Hall–Kier alpha value is -2.58. The van der Waals surface area contributed by atoms with Crippen molar-refractivity contribution in [1.29, 1.82) is 5.26 Å². The fraction of sp³-hybridized carbons (Fsp3) is 0.250. The van der Waals surface area contributed by atoms with Gasteiger partial charge in [-0.1, -0.05) is 6.07 Å². The smallest absolute Gasteiger partial charge is 0.382 e. The van der Waals surface area contributed by atoms with Crippen molar-refractivity contribution in [2.45, 2.75) is 28.9 Å². The zero-order valence-electron chi connectivity index (χ0n) is 13.1. The van der Waals surface area contributed by atoms with Crippen molar-refractivity contribution in [3.63, 3.8) is 0 Å². The van der Waals surface area contributed by atoms with Crippen LogP contribution in [0.25, 0.3) is 11.1 Å². The van der Waals surface area contributed by atoms with Crippen molar-refractivity contribution < 1.29 is 35.5 Å². The fourth-order valence-corrected chi connectivity index (χ4v) is 3.98. The third-order valence-corrected chi connectivity index (χ3v) is 5.72. The number of nitriles is 1. The van der Waals surface area contributed by atoms with E-state index in [1.54, 1.807) is 6.07 Å². The van der Waals surface area contributed by atoms with Gasteiger partial charge in [0.2, 0.25) is 0 Å². The molecule has 1 atom stereocenters. The van der Waals surface area contributed by atoms with Gasteiger partial charge < -0.3 is 5.11 Å². The molecule has 1 aromatic heterocycles. The zero-order valence-corrected chi connectivity index (χ0v) is 13.9. The number of sulfone groups is 1. The molecule has 1 N–H and O–H groups in total. The highest BCUT2D eigenvalue weighted by molar-refractivity contribution is 7.92. The summed E-state index contributed by atoms with van der Waals surface area (Å²) in [6.45, 7) is 0. The highest BCUT2D eigenvalue weighted by atomic mass is 32.2. The van der Waals surface area contributed by atoms with Crippen LogP contribution in [0.4, 0.5) is 22.0 Å². The van der Waals surface area contributed by atoms with E-state index in [9.17, 15) is 35.5 Å². The summed E-state index contributed by atoms with van der Waals surface area (Å²) in [5, 5.41) is 18.8. The minimum absolute atomic E-state index is 0.0352. The molecule has 0 spiro atoms. The number of benzene rings is 1. The second-order valence-corrected chi connectivity index (χ2v) is 7.78. The van der Waals surface area contributed by atoms with E-state index in [2.05, 4.69) is 4.98 Å². The molecule has 0 radical (unpaired) electrons. The van der Waals surface area contributed by atoms with E-state index >= 15 is 0 Å². The number of hydrogen-bond acceptors (Lipinski definition) is 5. The minimum atomic E-state index is -5.96. The van der Waals surface area contributed by atoms with Gasteiger partial charge in [0, 0.05) is 29.9 Å². The summed E-state index contributed by atoms with van der Waals surface area (Å²) in [5.74, 6) is -3.85. The van der Waals surface area contributed by atoms with E-state index in [1.807, 2.05) is 0 Å². The molecule has 0 bridgehead atoms. The van der Waals surface area contributed by atoms with Gasteiger partial charge >= 0.3 is 5.51 Å². The van der Waals surface area contributed by atoms with Gasteiger partial charge in [-0.3, -0.25) is 4.98 Å². The molecular formula is C16H9F5N2O3S. The van der Waals surface area contributed by atoms with Gasteiger partial charge in [-0.2, -0.15) is 18.4 Å². The number of rotatable bonds is 2. The molecule has 3 rings (SSSR count). The lowest BCUT2D eigenvalue weighted by molar-refractivity contribution is -0.0977. The summed E-state index contributed by atoms with van der Waals surface area (Å²) >= 11 is 0. The normalized spacial score (nSPS) is 18.8. The van der Waals surface area contributed by atoms with Crippen LogP contribution in [0.5, 0.6) is 0 Å². The Labute approximate surface area is 149 Å². The first-order valence-electron chi connectivity index (χ1n) is 7.28. The molecule has 11 heteroatoms. The molecule has 0 amide bonds. The van der Waals surface area contributed by atoms with Crippen molar-refractivity contribution in [3.8, 4) is 17.2 Å². The lowest BCUT2D eigenvalue weighted by Crippen LogP contribution is -2.26. The molecule has 1 aliphatic rings. The zero-order chi connectivity index (χ0) is 20.2. The van der Waals surface area contributed by atoms with Crippen molar-refractivity contribution in [3.05, 3.63) is 47.3 Å². The summed E-state index contributed by atoms with van der Waals surface area (Å²) in [5.41, 5.74) is -6.98. The van der Waals surface area contributed by atoms with Crippen LogP contribution in [-0.4, -0.2) is 29.9 Å². The Kier molecular flexibility index (Phi) is 4.24. The molecule has 0 saturated carbocycles. The van der Waals surface area contributed by atoms with Crippen LogP contribution in [0.2, 0.25) is 0 Å². The molecular weight excluding hydrogens is 395 g/mol. The van der Waals surface area contributed by atoms with E-state index in [0.29, 0.717) is 6.07 Å². The Balaban J connectivity index is 2.33. The number of pyridine rings is 1. The molecule has 0 aliphatic heterocycles. The van der Waals surface area contributed by atoms with Crippen LogP contribution in [0.3, 0.4) is 0 Å². The van der Waals surface area contributed by atoms with Gasteiger partial charge in [-0.15, -0.1) is 0 Å². The second-order valence-electron chi connectivity index (χ2n) is 5.87. The number of alkyl halides is 5. The van der Waals surface area contributed by atoms with Crippen LogP contribution in [0.15, 0.2) is 35.5 Å². The number of hydrogen-bond donors (Lipinski definition) is 1. The number of nitrogens with zero attached hydrogens (tertiary/aromatic N) is 2. The lowest BCUT2D eigenvalue weighted by atomic mass is 9.97. The first kappa shape index (κ1) is 19.2. The SMILES string of the molecule is N#Cc1cncc(-c2ccc(S(=O)(=O)C(F)(F)F)c3c2CC(F)(F)[C@H]3O)c1. The van der Waals surface area contributed by atoms with Gasteiger partial charge in [0.25, 0.3) is 15.8 Å². The highest BCUT2D eigenvalue weighted by Gasteiger charge is 2.54. The van der Waals surface area contributed by atoms with Gasteiger partial charge in [-0.05, 0) is 23.3 Å². The molecule has 0 unspecified atom stereocenters. The first-order chi connectivity index (χ1) is 12.4. The number of aliphatic hydroxyl groups excluding tert-OH is 1. The summed E-state index contributed by atoms with van der Waals surface area (Å²) in [6, 6.07) is 4.51. The van der Waals surface area contributed by atoms with Crippen LogP contribution >= 0.6 is 0 Å². The first-order valence-corrected chi connectivity index (χ1v) is 8.77. The van der Waals surface area contributed by atoms with Crippen LogP contribution in [0.1, 0.15) is 22.8 Å². The third-order valence-electron chi connectivity index (χ3n) is 4.18. The van der Waals surface area contributed by atoms with Crippen LogP contribution in [0, 0.1) is 11.3 Å². The van der Waals surface area contributed by atoms with E-state index in [-0.39, 0.29) is 16.7 Å². The quantitative estimate of drug-likeness (QED) is 0.777. The Bertz CT molecular complexity index is 1070. The van der Waals surface area contributed by atoms with Crippen molar-refractivity contribution in [2.24, 2.45) is 0 Å². The summed E-state index contributed by atoms with van der Waals surface area (Å²) in [6.07, 6.45) is -1.49. The molecule has 1 aromatic carbocycles. The predicted molar refractivity (Wildman–Crippen MR) is 81.2 cm³/mol. The van der Waals surface area contributed by atoms with Gasteiger partial charge in [0.15, 0.2) is 0 Å². The van der Waals surface area contributed by atoms with Crippen molar-refractivity contribution >= 4 is 9.84 Å². The van der Waals surface area contributed by atoms with Gasteiger partial charge in [0.05, 0.1) is 10.5 Å². The molecule has 0 fully saturated rings. The molecule has 0 saturated heterocycles. The van der Waals surface area contributed by atoms with Gasteiger partial charge in [-0.25, -0.2) is 17.2 Å². The molecule has 1 heterocycles. The standard InChI is InChI=1S/C16H9F5N2O3S/c17-15(18)4-11-10(9-3-8(5-22)6-23-7-9)1-2-12(13(11)14(15)24)27(25,26)16(19,20)21/h1-3,6-7,14,24H,4H2/t14-/m0/s1. The number of aromatic nitrogens is 1. The number of halogens is 5. The van der Waals surface area contributed by atoms with E-state index < -0.39 is 49.8 Å². The number of fused-ring (bicyclic) bond motifs is 1. The Morgan fingerprint density at radius 2 is 1.93 bits per heavy atom. The maximum absolute atomic E-state index is 14.0. The molecule has 27 heavy (non-hydrogen) atoms. The van der Waals surface area contributed by atoms with E-state index in [0.717, 1.165) is 6.07 Å². The molecule has 1 aliphatic carbocycles. The van der Waals surface area contributed by atoms with E-state index in [1.165, 1.54) is 18.5 Å². The fourth-order valence-electron chi connectivity index (χ4n) is 2.95. The number of aliphatic hydroxyl groups is 1. The molecule has 5 nitrogen and oxygen atoms in total. The van der Waals surface area contributed by atoms with Crippen molar-refractivity contribution in [2.75, 3.05) is 0 Å². The Morgan fingerprint density at radius 3 is 2.52 bits per heavy atom. The minimum Gasteiger partial charge on any atom is -0.382 e. The van der Waals surface area contributed by atoms with E-state index in [4.69, 9.17) is 5.26 Å². The predicted octanol–water partition coefficient (Wildman–Crippen LogP) is 3.14. The van der Waals surface area contributed by atoms with Gasteiger partial charge in [0.1, 0.15) is 12.2 Å². The van der Waals surface area contributed by atoms with Crippen molar-refractivity contribution in [1.82, 2.24) is 4.98 Å². The topological polar surface area (TPSA) is 91.0 Å².